The summed E-state index contributed by atoms with van der Waals surface area (Å²) in [6.45, 7) is 0. The molecule has 0 unspecified atom stereocenters. The fourth-order valence-corrected chi connectivity index (χ4v) is 6.65. The van der Waals surface area contributed by atoms with Crippen molar-refractivity contribution >= 4 is 32.3 Å². The maximum atomic E-state index is 5.13. The van der Waals surface area contributed by atoms with E-state index in [1.165, 1.54) is 38.4 Å². The molecule has 3 heteroatoms. The highest BCUT2D eigenvalue weighted by atomic mass is 15.0. The number of benzene rings is 8. The molecule has 0 atom stereocenters. The minimum atomic E-state index is 0.649. The number of rotatable bonds is 5. The Kier molecular flexibility index (Phi) is 6.80. The van der Waals surface area contributed by atoms with Gasteiger partial charge in [0.15, 0.2) is 17.5 Å². The van der Waals surface area contributed by atoms with Crippen LogP contribution in [0.3, 0.4) is 0 Å². The minimum absolute atomic E-state index is 0.649. The van der Waals surface area contributed by atoms with Crippen LogP contribution in [0.4, 0.5) is 0 Å². The van der Waals surface area contributed by atoms with Crippen LogP contribution in [0, 0.1) is 0 Å². The summed E-state index contributed by atoms with van der Waals surface area (Å²) in [5.41, 5.74) is 7.65. The Morgan fingerprint density at radius 1 is 0.250 bits per heavy atom. The first-order valence-electron chi connectivity index (χ1n) is 16.2. The molecule has 0 N–H and O–H groups in total. The normalized spacial score (nSPS) is 11.3. The molecule has 1 heterocycles. The van der Waals surface area contributed by atoms with Crippen molar-refractivity contribution in [3.05, 3.63) is 176 Å². The average Bonchev–Trinajstić information content (AvgIpc) is 3.17. The lowest BCUT2D eigenvalue weighted by molar-refractivity contribution is 1.08. The number of nitrogens with zero attached hydrogens (tertiary/aromatic N) is 3. The lowest BCUT2D eigenvalue weighted by Crippen LogP contribution is -2.00. The fourth-order valence-electron chi connectivity index (χ4n) is 6.65. The number of hydrogen-bond donors (Lipinski definition) is 0. The summed E-state index contributed by atoms with van der Waals surface area (Å²) in [6.07, 6.45) is 0. The van der Waals surface area contributed by atoms with Crippen molar-refractivity contribution in [3.8, 4) is 56.4 Å². The summed E-state index contributed by atoms with van der Waals surface area (Å²) in [4.78, 5) is 15.2. The Hall–Kier alpha value is -6.45. The van der Waals surface area contributed by atoms with Crippen LogP contribution in [-0.4, -0.2) is 15.0 Å². The third kappa shape index (κ3) is 5.08. The minimum Gasteiger partial charge on any atom is -0.208 e. The third-order valence-corrected chi connectivity index (χ3v) is 9.10. The predicted molar refractivity (Wildman–Crippen MR) is 200 cm³/mol. The van der Waals surface area contributed by atoms with Gasteiger partial charge in [0, 0.05) is 16.7 Å². The topological polar surface area (TPSA) is 38.7 Å². The second-order valence-electron chi connectivity index (χ2n) is 12.1. The SMILES string of the molecule is c1ccc(-c2nc(-c3ccc4cc(-c5ccc6ccccc6c5)ccc4c3)nc(-c3cccc4c(-c5ccccc5)cccc34)n2)cc1. The highest BCUT2D eigenvalue weighted by Crippen LogP contribution is 2.35. The molecule has 0 radical (unpaired) electrons. The van der Waals surface area contributed by atoms with Gasteiger partial charge in [0.2, 0.25) is 0 Å². The molecule has 0 spiro atoms. The summed E-state index contributed by atoms with van der Waals surface area (Å²) in [5.74, 6) is 1.95. The maximum absolute atomic E-state index is 5.13. The van der Waals surface area contributed by atoms with E-state index in [2.05, 4.69) is 140 Å². The van der Waals surface area contributed by atoms with E-state index < -0.39 is 0 Å². The summed E-state index contributed by atoms with van der Waals surface area (Å²) < 4.78 is 0. The molecular formula is C45H29N3. The van der Waals surface area contributed by atoms with Crippen molar-refractivity contribution in [1.29, 1.82) is 0 Å². The molecule has 8 aromatic carbocycles. The molecule has 224 valence electrons. The molecular weight excluding hydrogens is 583 g/mol. The van der Waals surface area contributed by atoms with Gasteiger partial charge in [-0.15, -0.1) is 0 Å². The monoisotopic (exact) mass is 611 g/mol. The summed E-state index contributed by atoms with van der Waals surface area (Å²) in [6, 6.07) is 61.8. The van der Waals surface area contributed by atoms with Crippen LogP contribution in [0.2, 0.25) is 0 Å². The van der Waals surface area contributed by atoms with E-state index in [1.807, 2.05) is 36.4 Å². The van der Waals surface area contributed by atoms with Gasteiger partial charge >= 0.3 is 0 Å². The molecule has 0 saturated carbocycles. The number of aromatic nitrogens is 3. The second-order valence-corrected chi connectivity index (χ2v) is 12.1. The zero-order chi connectivity index (χ0) is 31.9. The molecule has 0 aliphatic heterocycles. The largest absolute Gasteiger partial charge is 0.208 e. The van der Waals surface area contributed by atoms with Crippen LogP contribution < -0.4 is 0 Å². The Labute approximate surface area is 278 Å². The molecule has 0 aliphatic carbocycles. The molecule has 0 amide bonds. The van der Waals surface area contributed by atoms with Gasteiger partial charge in [-0.05, 0) is 72.8 Å². The van der Waals surface area contributed by atoms with Crippen molar-refractivity contribution in [3.63, 3.8) is 0 Å². The van der Waals surface area contributed by atoms with Crippen LogP contribution in [0.5, 0.6) is 0 Å². The Bertz CT molecular complexity index is 2610. The predicted octanol–water partition coefficient (Wildman–Crippen LogP) is 11.7. The van der Waals surface area contributed by atoms with Gasteiger partial charge in [-0.3, -0.25) is 0 Å². The van der Waals surface area contributed by atoms with Crippen LogP contribution in [0.25, 0.3) is 88.7 Å². The standard InChI is InChI=1S/C45H29N3/c1-3-12-31(13-4-1)39-17-9-19-41-40(39)18-10-20-42(41)45-47-43(32-14-5-2-6-15-32)46-44(48-45)38-26-25-36-28-35(23-24-37(36)29-38)34-22-21-30-11-7-8-16-33(30)27-34/h1-29H. The molecule has 9 rings (SSSR count). The van der Waals surface area contributed by atoms with Crippen LogP contribution >= 0.6 is 0 Å². The summed E-state index contributed by atoms with van der Waals surface area (Å²) in [5, 5.41) is 7.07. The smallest absolute Gasteiger partial charge is 0.164 e. The Morgan fingerprint density at radius 2 is 0.708 bits per heavy atom. The van der Waals surface area contributed by atoms with Gasteiger partial charge in [0.25, 0.3) is 0 Å². The van der Waals surface area contributed by atoms with Crippen LogP contribution in [0.1, 0.15) is 0 Å². The van der Waals surface area contributed by atoms with E-state index in [9.17, 15) is 0 Å². The first-order valence-corrected chi connectivity index (χ1v) is 16.2. The van der Waals surface area contributed by atoms with E-state index in [0.29, 0.717) is 17.5 Å². The van der Waals surface area contributed by atoms with Crippen LogP contribution in [0.15, 0.2) is 176 Å². The van der Waals surface area contributed by atoms with E-state index >= 15 is 0 Å². The zero-order valence-electron chi connectivity index (χ0n) is 26.1. The van der Waals surface area contributed by atoms with Gasteiger partial charge < -0.3 is 0 Å². The molecule has 0 saturated heterocycles. The lowest BCUT2D eigenvalue weighted by Gasteiger charge is -2.13. The third-order valence-electron chi connectivity index (χ3n) is 9.10. The van der Waals surface area contributed by atoms with E-state index in [1.54, 1.807) is 0 Å². The highest BCUT2D eigenvalue weighted by molar-refractivity contribution is 6.04. The van der Waals surface area contributed by atoms with Crippen molar-refractivity contribution in [2.75, 3.05) is 0 Å². The Morgan fingerprint density at radius 3 is 1.40 bits per heavy atom. The van der Waals surface area contributed by atoms with Crippen molar-refractivity contribution in [2.24, 2.45) is 0 Å². The molecule has 48 heavy (non-hydrogen) atoms. The van der Waals surface area contributed by atoms with Gasteiger partial charge in [0.1, 0.15) is 0 Å². The van der Waals surface area contributed by atoms with Gasteiger partial charge in [-0.25, -0.2) is 15.0 Å². The number of fused-ring (bicyclic) bond motifs is 3. The first kappa shape index (κ1) is 27.8. The van der Waals surface area contributed by atoms with Gasteiger partial charge in [0.05, 0.1) is 0 Å². The van der Waals surface area contributed by atoms with Crippen molar-refractivity contribution in [1.82, 2.24) is 15.0 Å². The van der Waals surface area contributed by atoms with Gasteiger partial charge in [-0.2, -0.15) is 0 Å². The van der Waals surface area contributed by atoms with E-state index in [-0.39, 0.29) is 0 Å². The van der Waals surface area contributed by atoms with Crippen LogP contribution in [-0.2, 0) is 0 Å². The second kappa shape index (κ2) is 11.7. The average molecular weight is 612 g/mol. The summed E-state index contributed by atoms with van der Waals surface area (Å²) >= 11 is 0. The highest BCUT2D eigenvalue weighted by Gasteiger charge is 2.16. The van der Waals surface area contributed by atoms with E-state index in [0.717, 1.165) is 32.8 Å². The fraction of sp³-hybridized carbons (Fsp3) is 0. The molecule has 0 aliphatic rings. The zero-order valence-corrected chi connectivity index (χ0v) is 26.1. The lowest BCUT2D eigenvalue weighted by atomic mass is 9.95. The Balaban J connectivity index is 1.17. The molecule has 3 nitrogen and oxygen atoms in total. The first-order chi connectivity index (χ1) is 23.8. The number of hydrogen-bond acceptors (Lipinski definition) is 3. The summed E-state index contributed by atoms with van der Waals surface area (Å²) in [7, 11) is 0. The van der Waals surface area contributed by atoms with Crippen molar-refractivity contribution in [2.45, 2.75) is 0 Å². The van der Waals surface area contributed by atoms with E-state index in [4.69, 9.17) is 15.0 Å². The van der Waals surface area contributed by atoms with Crippen molar-refractivity contribution < 1.29 is 0 Å². The molecule has 0 fully saturated rings. The molecule has 0 bridgehead atoms. The quantitative estimate of drug-likeness (QED) is 0.194. The van der Waals surface area contributed by atoms with Gasteiger partial charge in [-0.1, -0.05) is 158 Å². The maximum Gasteiger partial charge on any atom is 0.164 e. The molecule has 9 aromatic rings. The molecule has 1 aromatic heterocycles.